The standard InChI is InChI=1S/C21H33N3O5/c1-2-3-4-5-6-7-8-9-10-11-17(25)27-14-15-18(26)19-20(28-15)24-13-12-16(22)23-21(24)29-19/h12-13,15,18-20,22,26H,2-11,14H2,1H3/t15-,18-,19+,20-/m1/s1. The van der Waals surface area contributed by atoms with Crippen molar-refractivity contribution in [1.82, 2.24) is 9.55 Å². The molecule has 0 unspecified atom stereocenters. The van der Waals surface area contributed by atoms with Gasteiger partial charge in [-0.25, -0.2) is 0 Å². The summed E-state index contributed by atoms with van der Waals surface area (Å²) in [6, 6.07) is 1.79. The van der Waals surface area contributed by atoms with Gasteiger partial charge in [0, 0.05) is 12.6 Å². The third-order valence-corrected chi connectivity index (χ3v) is 5.55. The molecule has 1 saturated heterocycles. The third kappa shape index (κ3) is 5.79. The van der Waals surface area contributed by atoms with Gasteiger partial charge in [0.1, 0.15) is 18.8 Å². The Morgan fingerprint density at radius 1 is 1.21 bits per heavy atom. The summed E-state index contributed by atoms with van der Waals surface area (Å²) >= 11 is 0. The van der Waals surface area contributed by atoms with Crippen LogP contribution in [0.5, 0.6) is 6.01 Å². The van der Waals surface area contributed by atoms with Gasteiger partial charge in [0.25, 0.3) is 0 Å². The van der Waals surface area contributed by atoms with Crippen molar-refractivity contribution in [3.63, 3.8) is 0 Å². The van der Waals surface area contributed by atoms with Crippen molar-refractivity contribution in [3.05, 3.63) is 17.8 Å². The number of ether oxygens (including phenoxy) is 3. The summed E-state index contributed by atoms with van der Waals surface area (Å²) in [6.45, 7) is 2.23. The summed E-state index contributed by atoms with van der Waals surface area (Å²) in [4.78, 5) is 15.9. The lowest BCUT2D eigenvalue weighted by molar-refractivity contribution is -0.150. The fourth-order valence-corrected chi connectivity index (χ4v) is 3.85. The minimum Gasteiger partial charge on any atom is -0.463 e. The maximum atomic E-state index is 12.0. The highest BCUT2D eigenvalue weighted by Crippen LogP contribution is 2.38. The van der Waals surface area contributed by atoms with Crippen LogP contribution in [-0.4, -0.2) is 45.5 Å². The Morgan fingerprint density at radius 3 is 2.62 bits per heavy atom. The number of esters is 1. The molecule has 1 aromatic heterocycles. The van der Waals surface area contributed by atoms with E-state index < -0.39 is 24.5 Å². The average molecular weight is 408 g/mol. The number of nitrogens with one attached hydrogen (secondary N) is 1. The Balaban J connectivity index is 1.29. The molecule has 0 amide bonds. The van der Waals surface area contributed by atoms with Crippen LogP contribution in [0.2, 0.25) is 0 Å². The largest absolute Gasteiger partial charge is 0.463 e. The maximum Gasteiger partial charge on any atom is 0.305 e. The van der Waals surface area contributed by atoms with Crippen molar-refractivity contribution in [2.45, 2.75) is 95.7 Å². The molecule has 0 saturated carbocycles. The lowest BCUT2D eigenvalue weighted by Crippen LogP contribution is -2.36. The first kappa shape index (κ1) is 21.8. The first-order valence-electron chi connectivity index (χ1n) is 10.9. The van der Waals surface area contributed by atoms with E-state index in [0.29, 0.717) is 6.42 Å². The summed E-state index contributed by atoms with van der Waals surface area (Å²) in [7, 11) is 0. The van der Waals surface area contributed by atoms with Gasteiger partial charge in [-0.05, 0) is 12.5 Å². The number of hydrogen-bond donors (Lipinski definition) is 2. The fourth-order valence-electron chi connectivity index (χ4n) is 3.85. The molecule has 8 nitrogen and oxygen atoms in total. The second-order valence-corrected chi connectivity index (χ2v) is 7.90. The van der Waals surface area contributed by atoms with E-state index in [-0.39, 0.29) is 24.1 Å². The zero-order valence-electron chi connectivity index (χ0n) is 17.2. The van der Waals surface area contributed by atoms with Crippen molar-refractivity contribution in [2.24, 2.45) is 0 Å². The molecule has 4 atom stereocenters. The Hall–Kier alpha value is -1.93. The van der Waals surface area contributed by atoms with E-state index in [1.807, 2.05) is 0 Å². The van der Waals surface area contributed by atoms with Crippen LogP contribution in [0.15, 0.2) is 12.3 Å². The quantitative estimate of drug-likeness (QED) is 0.408. The monoisotopic (exact) mass is 407 g/mol. The summed E-state index contributed by atoms with van der Waals surface area (Å²) < 4.78 is 18.4. The van der Waals surface area contributed by atoms with Gasteiger partial charge in [-0.2, -0.15) is 4.98 Å². The van der Waals surface area contributed by atoms with E-state index in [1.165, 1.54) is 44.6 Å². The number of aromatic nitrogens is 2. The number of unbranched alkanes of at least 4 members (excludes halogenated alkanes) is 8. The van der Waals surface area contributed by atoms with Gasteiger partial charge in [0.15, 0.2) is 17.8 Å². The zero-order chi connectivity index (χ0) is 20.6. The maximum absolute atomic E-state index is 12.0. The van der Waals surface area contributed by atoms with Gasteiger partial charge >= 0.3 is 12.0 Å². The molecule has 8 heteroatoms. The van der Waals surface area contributed by atoms with Crippen LogP contribution in [0.1, 0.15) is 77.4 Å². The molecule has 2 aliphatic rings. The van der Waals surface area contributed by atoms with E-state index in [9.17, 15) is 9.90 Å². The molecule has 3 heterocycles. The number of nitrogens with zero attached hydrogens (tertiary/aromatic N) is 2. The van der Waals surface area contributed by atoms with Gasteiger partial charge in [-0.15, -0.1) is 0 Å². The van der Waals surface area contributed by atoms with Gasteiger partial charge in [-0.3, -0.25) is 14.8 Å². The molecule has 2 aliphatic heterocycles. The molecular formula is C21H33N3O5. The number of hydrogen-bond acceptors (Lipinski definition) is 7. The van der Waals surface area contributed by atoms with Crippen LogP contribution >= 0.6 is 0 Å². The molecule has 0 aromatic carbocycles. The number of rotatable bonds is 12. The summed E-state index contributed by atoms with van der Waals surface area (Å²) in [5.41, 5.74) is 0.0905. The molecular weight excluding hydrogens is 374 g/mol. The molecule has 0 bridgehead atoms. The van der Waals surface area contributed by atoms with Crippen LogP contribution in [0, 0.1) is 5.41 Å². The average Bonchev–Trinajstić information content (AvgIpc) is 3.20. The normalized spacial score (nSPS) is 24.8. The predicted octanol–water partition coefficient (Wildman–Crippen LogP) is 2.85. The summed E-state index contributed by atoms with van der Waals surface area (Å²) in [5, 5.41) is 18.0. The summed E-state index contributed by atoms with van der Waals surface area (Å²) in [5.74, 6) is -0.254. The zero-order valence-corrected chi connectivity index (χ0v) is 17.2. The number of carbonyl (C=O) groups excluding carboxylic acids is 1. The first-order valence-corrected chi connectivity index (χ1v) is 10.9. The molecule has 0 radical (unpaired) electrons. The van der Waals surface area contributed by atoms with E-state index >= 15 is 0 Å². The van der Waals surface area contributed by atoms with E-state index in [1.54, 1.807) is 10.8 Å². The van der Waals surface area contributed by atoms with Crippen LogP contribution in [-0.2, 0) is 14.3 Å². The summed E-state index contributed by atoms with van der Waals surface area (Å²) in [6.07, 6.45) is 10.2. The van der Waals surface area contributed by atoms with Crippen molar-refractivity contribution < 1.29 is 24.1 Å². The third-order valence-electron chi connectivity index (χ3n) is 5.55. The lowest BCUT2D eigenvalue weighted by atomic mass is 10.1. The minimum absolute atomic E-state index is 0.00758. The highest BCUT2D eigenvalue weighted by atomic mass is 16.6. The lowest BCUT2D eigenvalue weighted by Gasteiger charge is -2.17. The second-order valence-electron chi connectivity index (χ2n) is 7.90. The van der Waals surface area contributed by atoms with E-state index in [2.05, 4.69) is 11.9 Å². The molecule has 1 aromatic rings. The second kappa shape index (κ2) is 10.7. The molecule has 0 aliphatic carbocycles. The molecule has 3 rings (SSSR count). The van der Waals surface area contributed by atoms with Gasteiger partial charge in [0.2, 0.25) is 0 Å². The molecule has 0 spiro atoms. The predicted molar refractivity (Wildman–Crippen MR) is 105 cm³/mol. The molecule has 2 N–H and O–H groups in total. The number of carbonyl (C=O) groups is 1. The number of aliphatic hydroxyl groups is 1. The van der Waals surface area contributed by atoms with Crippen molar-refractivity contribution in [3.8, 4) is 6.01 Å². The van der Waals surface area contributed by atoms with Crippen molar-refractivity contribution in [1.29, 1.82) is 5.41 Å². The molecule has 162 valence electrons. The topological polar surface area (TPSA) is 107 Å². The van der Waals surface area contributed by atoms with Gasteiger partial charge in [0.05, 0.1) is 0 Å². The van der Waals surface area contributed by atoms with E-state index in [4.69, 9.17) is 19.6 Å². The smallest absolute Gasteiger partial charge is 0.305 e. The van der Waals surface area contributed by atoms with Gasteiger partial charge < -0.3 is 19.3 Å². The SMILES string of the molecule is CCCCCCCCCCCC(=O)OC[C@H]1O[C@@H]2[C@@H](Oc3nc(=N)ccn32)[C@@H]1O. The van der Waals surface area contributed by atoms with Crippen LogP contribution in [0.3, 0.4) is 0 Å². The van der Waals surface area contributed by atoms with Crippen molar-refractivity contribution in [2.75, 3.05) is 6.61 Å². The van der Waals surface area contributed by atoms with Gasteiger partial charge in [-0.1, -0.05) is 58.3 Å². The molecule has 1 fully saturated rings. The van der Waals surface area contributed by atoms with Crippen LogP contribution in [0.4, 0.5) is 0 Å². The Morgan fingerprint density at radius 2 is 1.90 bits per heavy atom. The fraction of sp³-hybridized carbons (Fsp3) is 0.762. The minimum atomic E-state index is -0.920. The Bertz CT molecular complexity index is 723. The Labute approximate surface area is 171 Å². The number of fused-ring (bicyclic) bond motifs is 3. The van der Waals surface area contributed by atoms with Crippen molar-refractivity contribution >= 4 is 5.97 Å². The van der Waals surface area contributed by atoms with Crippen LogP contribution < -0.4 is 10.2 Å². The van der Waals surface area contributed by atoms with Crippen LogP contribution in [0.25, 0.3) is 0 Å². The Kier molecular flexibility index (Phi) is 8.06. The van der Waals surface area contributed by atoms with E-state index in [0.717, 1.165) is 19.3 Å². The number of aliphatic hydroxyl groups excluding tert-OH is 1. The highest BCUT2D eigenvalue weighted by Gasteiger charge is 2.51. The highest BCUT2D eigenvalue weighted by molar-refractivity contribution is 5.69. The first-order chi connectivity index (χ1) is 14.1. The molecule has 29 heavy (non-hydrogen) atoms.